The molecule has 2 rings (SSSR count). The summed E-state index contributed by atoms with van der Waals surface area (Å²) in [7, 11) is 0. The van der Waals surface area contributed by atoms with Gasteiger partial charge in [-0.25, -0.2) is 0 Å². The van der Waals surface area contributed by atoms with Crippen molar-refractivity contribution in [3.05, 3.63) is 0 Å². The Morgan fingerprint density at radius 1 is 1.50 bits per heavy atom. The van der Waals surface area contributed by atoms with E-state index in [9.17, 15) is 0 Å². The molecular weight excluding hydrogens is 150 g/mol. The lowest BCUT2D eigenvalue weighted by Gasteiger charge is -2.38. The number of hydrogen-bond donors (Lipinski definition) is 1. The van der Waals surface area contributed by atoms with Crippen molar-refractivity contribution in [1.29, 1.82) is 0 Å². The standard InChI is InChI=1S/C10H19NO/c1-9-2-5-11(6-7-12)10(8-9)3-4-10/h9,12H,2-8H2,1H3/t9-/m0/s1. The first-order valence-electron chi connectivity index (χ1n) is 5.13. The van der Waals surface area contributed by atoms with Crippen LogP contribution in [0.5, 0.6) is 0 Å². The Hall–Kier alpha value is -0.0800. The molecule has 1 atom stereocenters. The predicted octanol–water partition coefficient (Wildman–Crippen LogP) is 1.24. The first kappa shape index (κ1) is 8.52. The van der Waals surface area contributed by atoms with Crippen LogP contribution in [0, 0.1) is 5.92 Å². The Labute approximate surface area is 74.6 Å². The van der Waals surface area contributed by atoms with Gasteiger partial charge in [0.25, 0.3) is 0 Å². The molecule has 2 fully saturated rings. The monoisotopic (exact) mass is 169 g/mol. The smallest absolute Gasteiger partial charge is 0.0558 e. The summed E-state index contributed by atoms with van der Waals surface area (Å²) in [6.07, 6.45) is 5.43. The van der Waals surface area contributed by atoms with E-state index < -0.39 is 0 Å². The first-order chi connectivity index (χ1) is 5.77. The minimum Gasteiger partial charge on any atom is -0.395 e. The molecule has 0 aromatic carbocycles. The number of rotatable bonds is 2. The predicted molar refractivity (Wildman–Crippen MR) is 49.0 cm³/mol. The Balaban J connectivity index is 1.96. The van der Waals surface area contributed by atoms with Crippen molar-refractivity contribution in [3.63, 3.8) is 0 Å². The molecule has 0 aromatic heterocycles. The number of aliphatic hydroxyl groups is 1. The summed E-state index contributed by atoms with van der Waals surface area (Å²) in [6, 6.07) is 0. The highest BCUT2D eigenvalue weighted by Gasteiger charge is 2.49. The van der Waals surface area contributed by atoms with Crippen LogP contribution in [0.3, 0.4) is 0 Å². The SMILES string of the molecule is C[C@H]1CCN(CCO)C2(CC2)C1. The fraction of sp³-hybridized carbons (Fsp3) is 1.00. The van der Waals surface area contributed by atoms with Gasteiger partial charge in [0.1, 0.15) is 0 Å². The van der Waals surface area contributed by atoms with E-state index in [0.717, 1.165) is 12.5 Å². The van der Waals surface area contributed by atoms with Crippen molar-refractivity contribution >= 4 is 0 Å². The molecule has 0 aromatic rings. The topological polar surface area (TPSA) is 23.5 Å². The van der Waals surface area contributed by atoms with Gasteiger partial charge in [-0.2, -0.15) is 0 Å². The fourth-order valence-electron chi connectivity index (χ4n) is 2.63. The molecule has 1 spiro atoms. The zero-order valence-electron chi connectivity index (χ0n) is 7.92. The Kier molecular flexibility index (Phi) is 2.13. The highest BCUT2D eigenvalue weighted by atomic mass is 16.3. The maximum absolute atomic E-state index is 8.90. The second-order valence-corrected chi connectivity index (χ2v) is 4.53. The zero-order valence-corrected chi connectivity index (χ0v) is 7.92. The van der Waals surface area contributed by atoms with Crippen molar-refractivity contribution in [2.45, 2.75) is 38.1 Å². The third kappa shape index (κ3) is 1.38. The lowest BCUT2D eigenvalue weighted by atomic mass is 9.90. The van der Waals surface area contributed by atoms with E-state index >= 15 is 0 Å². The summed E-state index contributed by atoms with van der Waals surface area (Å²) in [4.78, 5) is 2.51. The quantitative estimate of drug-likeness (QED) is 0.672. The molecule has 1 saturated carbocycles. The average molecular weight is 169 g/mol. The number of β-amino-alcohol motifs (C(OH)–C–C–N with tert-alkyl or cyclic N) is 1. The van der Waals surface area contributed by atoms with Crippen LogP contribution >= 0.6 is 0 Å². The van der Waals surface area contributed by atoms with Crippen molar-refractivity contribution in [2.24, 2.45) is 5.92 Å². The number of likely N-dealkylation sites (tertiary alicyclic amines) is 1. The van der Waals surface area contributed by atoms with E-state index in [-0.39, 0.29) is 0 Å². The average Bonchev–Trinajstić information content (AvgIpc) is 2.77. The van der Waals surface area contributed by atoms with Crippen LogP contribution in [0.15, 0.2) is 0 Å². The van der Waals surface area contributed by atoms with Crippen LogP contribution in [0.4, 0.5) is 0 Å². The van der Waals surface area contributed by atoms with Gasteiger partial charge in [0.2, 0.25) is 0 Å². The summed E-state index contributed by atoms with van der Waals surface area (Å²) in [5.41, 5.74) is 0.542. The van der Waals surface area contributed by atoms with Crippen LogP contribution in [0.25, 0.3) is 0 Å². The van der Waals surface area contributed by atoms with Crippen molar-refractivity contribution < 1.29 is 5.11 Å². The van der Waals surface area contributed by atoms with Gasteiger partial charge in [0, 0.05) is 12.1 Å². The van der Waals surface area contributed by atoms with Gasteiger partial charge < -0.3 is 5.11 Å². The molecule has 1 saturated heterocycles. The molecule has 1 N–H and O–H groups in total. The molecule has 0 radical (unpaired) electrons. The number of piperidine rings is 1. The fourth-order valence-corrected chi connectivity index (χ4v) is 2.63. The summed E-state index contributed by atoms with van der Waals surface area (Å²) in [6.45, 7) is 4.79. The van der Waals surface area contributed by atoms with Gasteiger partial charge in [0.05, 0.1) is 6.61 Å². The van der Waals surface area contributed by atoms with Crippen LogP contribution in [-0.4, -0.2) is 35.2 Å². The molecular formula is C10H19NO. The van der Waals surface area contributed by atoms with Gasteiger partial charge in [-0.1, -0.05) is 6.92 Å². The maximum Gasteiger partial charge on any atom is 0.0558 e. The van der Waals surface area contributed by atoms with Gasteiger partial charge in [-0.3, -0.25) is 4.90 Å². The van der Waals surface area contributed by atoms with E-state index in [0.29, 0.717) is 12.1 Å². The molecule has 0 bridgehead atoms. The molecule has 1 aliphatic carbocycles. The molecule has 12 heavy (non-hydrogen) atoms. The Morgan fingerprint density at radius 2 is 2.25 bits per heavy atom. The van der Waals surface area contributed by atoms with Crippen LogP contribution in [0.2, 0.25) is 0 Å². The van der Waals surface area contributed by atoms with Gasteiger partial charge in [-0.05, 0) is 38.1 Å². The van der Waals surface area contributed by atoms with E-state index in [4.69, 9.17) is 5.11 Å². The molecule has 1 aliphatic heterocycles. The first-order valence-corrected chi connectivity index (χ1v) is 5.13. The maximum atomic E-state index is 8.90. The molecule has 70 valence electrons. The van der Waals surface area contributed by atoms with E-state index in [1.807, 2.05) is 0 Å². The molecule has 2 nitrogen and oxygen atoms in total. The van der Waals surface area contributed by atoms with E-state index in [2.05, 4.69) is 11.8 Å². The van der Waals surface area contributed by atoms with Gasteiger partial charge in [0.15, 0.2) is 0 Å². The number of hydrogen-bond acceptors (Lipinski definition) is 2. The van der Waals surface area contributed by atoms with E-state index in [1.165, 1.54) is 32.2 Å². The molecule has 0 amide bonds. The minimum absolute atomic E-state index is 0.329. The molecule has 0 unspecified atom stereocenters. The van der Waals surface area contributed by atoms with Crippen molar-refractivity contribution in [3.8, 4) is 0 Å². The summed E-state index contributed by atoms with van der Waals surface area (Å²) in [5, 5.41) is 8.90. The summed E-state index contributed by atoms with van der Waals surface area (Å²) in [5.74, 6) is 0.905. The lowest BCUT2D eigenvalue weighted by Crippen LogP contribution is -2.45. The number of aliphatic hydroxyl groups excluding tert-OH is 1. The third-order valence-electron chi connectivity index (χ3n) is 3.49. The van der Waals surface area contributed by atoms with Crippen molar-refractivity contribution in [1.82, 2.24) is 4.90 Å². The molecule has 1 heterocycles. The van der Waals surface area contributed by atoms with Gasteiger partial charge in [-0.15, -0.1) is 0 Å². The highest BCUT2D eigenvalue weighted by molar-refractivity contribution is 5.06. The summed E-state index contributed by atoms with van der Waals surface area (Å²) >= 11 is 0. The number of nitrogens with zero attached hydrogens (tertiary/aromatic N) is 1. The Morgan fingerprint density at radius 3 is 2.83 bits per heavy atom. The van der Waals surface area contributed by atoms with E-state index in [1.54, 1.807) is 0 Å². The Bertz CT molecular complexity index is 165. The highest BCUT2D eigenvalue weighted by Crippen LogP contribution is 2.49. The van der Waals surface area contributed by atoms with Crippen LogP contribution in [0.1, 0.15) is 32.6 Å². The third-order valence-corrected chi connectivity index (χ3v) is 3.49. The van der Waals surface area contributed by atoms with Crippen molar-refractivity contribution in [2.75, 3.05) is 19.7 Å². The second kappa shape index (κ2) is 3.00. The second-order valence-electron chi connectivity index (χ2n) is 4.53. The minimum atomic E-state index is 0.329. The normalized spacial score (nSPS) is 34.0. The largest absolute Gasteiger partial charge is 0.395 e. The molecule has 2 aliphatic rings. The summed E-state index contributed by atoms with van der Waals surface area (Å²) < 4.78 is 0. The van der Waals surface area contributed by atoms with Crippen LogP contribution in [-0.2, 0) is 0 Å². The zero-order chi connectivity index (χ0) is 8.60. The lowest BCUT2D eigenvalue weighted by molar-refractivity contribution is 0.0786. The van der Waals surface area contributed by atoms with Gasteiger partial charge >= 0.3 is 0 Å². The molecule has 2 heteroatoms. The van der Waals surface area contributed by atoms with Crippen LogP contribution < -0.4 is 0 Å².